The normalized spacial score (nSPS) is 15.5. The number of hydrogen-bond acceptors (Lipinski definition) is 5. The fraction of sp³-hybridized carbons (Fsp3) is 0.471. The highest BCUT2D eigenvalue weighted by molar-refractivity contribution is 5.82. The fourth-order valence-corrected chi connectivity index (χ4v) is 6.03. The van der Waals surface area contributed by atoms with E-state index in [1.165, 1.54) is 0 Å². The fourth-order valence-electron chi connectivity index (χ4n) is 6.03. The van der Waals surface area contributed by atoms with Gasteiger partial charge < -0.3 is 10.4 Å². The van der Waals surface area contributed by atoms with Gasteiger partial charge in [-0.05, 0) is 66.6 Å². The first-order chi connectivity index (χ1) is 23.2. The molecule has 1 aliphatic heterocycles. The minimum Gasteiger partial charge on any atom is -0.481 e. The van der Waals surface area contributed by atoms with E-state index in [0.717, 1.165) is 6.07 Å². The summed E-state index contributed by atoms with van der Waals surface area (Å²) in [6, 6.07) is 3.23. The minimum absolute atomic E-state index is 0.0618. The highest BCUT2D eigenvalue weighted by atomic mass is 19.4. The number of nitrogens with zero attached hydrogens (tertiary/aromatic N) is 3. The van der Waals surface area contributed by atoms with Crippen LogP contribution in [0.25, 0.3) is 11.1 Å². The van der Waals surface area contributed by atoms with E-state index < -0.39 is 82.9 Å². The second-order valence-electron chi connectivity index (χ2n) is 12.9. The van der Waals surface area contributed by atoms with Gasteiger partial charge in [-0.3, -0.25) is 19.3 Å². The monoisotopic (exact) mass is 716 g/mol. The first kappa shape index (κ1) is 38.5. The van der Waals surface area contributed by atoms with Gasteiger partial charge in [0.05, 0.1) is 23.7 Å². The molecule has 1 amide bonds. The predicted molar refractivity (Wildman–Crippen MR) is 166 cm³/mol. The van der Waals surface area contributed by atoms with Crippen molar-refractivity contribution in [1.29, 1.82) is 0 Å². The minimum atomic E-state index is -5.24. The summed E-state index contributed by atoms with van der Waals surface area (Å²) in [4.78, 5) is 40.7. The van der Waals surface area contributed by atoms with Gasteiger partial charge in [-0.1, -0.05) is 32.0 Å². The van der Waals surface area contributed by atoms with Gasteiger partial charge in [0.1, 0.15) is 23.6 Å². The molecule has 0 bridgehead atoms. The Morgan fingerprint density at radius 3 is 2.12 bits per heavy atom. The molecule has 0 unspecified atom stereocenters. The Hall–Kier alpha value is -4.34. The lowest BCUT2D eigenvalue weighted by Crippen LogP contribution is -2.49. The van der Waals surface area contributed by atoms with Crippen molar-refractivity contribution < 1.29 is 49.8 Å². The van der Waals surface area contributed by atoms with Crippen LogP contribution in [0.3, 0.4) is 0 Å². The van der Waals surface area contributed by atoms with Crippen LogP contribution >= 0.6 is 0 Å². The van der Waals surface area contributed by atoms with Crippen LogP contribution in [-0.2, 0) is 28.4 Å². The van der Waals surface area contributed by atoms with Crippen molar-refractivity contribution >= 4 is 11.9 Å². The smallest absolute Gasteiger partial charge is 0.421 e. The highest BCUT2D eigenvalue weighted by Gasteiger charge is 2.40. The summed E-state index contributed by atoms with van der Waals surface area (Å²) < 4.78 is 114. The Morgan fingerprint density at radius 2 is 1.60 bits per heavy atom. The number of hydrogen-bond donors (Lipinski definition) is 2. The zero-order valence-electron chi connectivity index (χ0n) is 27.6. The molecule has 16 heteroatoms. The average Bonchev–Trinajstić information content (AvgIpc) is 2.96. The molecule has 0 saturated carbocycles. The predicted octanol–water partition coefficient (Wildman–Crippen LogP) is 6.82. The number of carbonyl (C=O) groups excluding carboxylic acids is 1. The van der Waals surface area contributed by atoms with Crippen LogP contribution in [0.1, 0.15) is 72.3 Å². The zero-order valence-corrected chi connectivity index (χ0v) is 27.6. The number of amides is 1. The molecule has 2 atom stereocenters. The van der Waals surface area contributed by atoms with Crippen molar-refractivity contribution in [1.82, 2.24) is 20.0 Å². The van der Waals surface area contributed by atoms with Gasteiger partial charge in [0.2, 0.25) is 5.91 Å². The number of carboxylic acids is 1. The zero-order chi connectivity index (χ0) is 37.3. The van der Waals surface area contributed by atoms with Crippen molar-refractivity contribution in [3.8, 4) is 11.1 Å². The third-order valence-corrected chi connectivity index (χ3v) is 8.43. The molecule has 1 fully saturated rings. The van der Waals surface area contributed by atoms with E-state index in [0.29, 0.717) is 33.5 Å². The second kappa shape index (κ2) is 14.9. The first-order valence-corrected chi connectivity index (χ1v) is 15.7. The number of alkyl halides is 7. The number of rotatable bonds is 12. The molecule has 4 rings (SSSR count). The number of aryl methyl sites for hydroxylation is 2. The Morgan fingerprint density at radius 1 is 1.00 bits per heavy atom. The lowest BCUT2D eigenvalue weighted by Gasteiger charge is -2.34. The van der Waals surface area contributed by atoms with E-state index in [9.17, 15) is 50.2 Å². The topological polar surface area (TPSA) is 105 Å². The van der Waals surface area contributed by atoms with Crippen LogP contribution in [0.2, 0.25) is 0 Å². The quantitative estimate of drug-likeness (QED) is 0.200. The van der Waals surface area contributed by atoms with E-state index in [1.54, 1.807) is 50.8 Å². The standard InChI is InChI=1S/C34H36F8N4O4/c1-17(2)10-27(46-32(50)25(34(40,41)42)13-22(44-46)8-9-45-15-21(35)16-45)31(49)43-26(14-28(47)48)23-11-20(12-24(30(23)36)33(37,38)39)29-18(3)6-5-7-19(29)4/h5-7,11-13,17,21,26-27H,8-10,14-16H2,1-4H3,(H,43,49)(H,47,48)/t26-,27-/m0/s1. The number of carboxylic acid groups (broad SMARTS) is 1. The lowest BCUT2D eigenvalue weighted by atomic mass is 9.90. The first-order valence-electron chi connectivity index (χ1n) is 15.7. The van der Waals surface area contributed by atoms with Crippen molar-refractivity contribution in [2.45, 2.75) is 77.6 Å². The van der Waals surface area contributed by atoms with Gasteiger partial charge >= 0.3 is 18.3 Å². The van der Waals surface area contributed by atoms with E-state index in [4.69, 9.17) is 0 Å². The number of benzene rings is 2. The van der Waals surface area contributed by atoms with Crippen molar-refractivity contribution in [3.63, 3.8) is 0 Å². The second-order valence-corrected chi connectivity index (χ2v) is 12.9. The largest absolute Gasteiger partial charge is 0.481 e. The molecule has 0 radical (unpaired) electrons. The maximum atomic E-state index is 15.8. The number of likely N-dealkylation sites (tertiary alicyclic amines) is 1. The molecule has 2 aromatic carbocycles. The molecular weight excluding hydrogens is 680 g/mol. The third-order valence-electron chi connectivity index (χ3n) is 8.43. The number of aromatic nitrogens is 2. The van der Waals surface area contributed by atoms with Gasteiger partial charge in [0.25, 0.3) is 5.56 Å². The summed E-state index contributed by atoms with van der Waals surface area (Å²) in [7, 11) is 0. The van der Waals surface area contributed by atoms with E-state index >= 15 is 4.39 Å². The molecule has 2 heterocycles. The molecule has 3 aromatic rings. The number of aliphatic carboxylic acids is 1. The van der Waals surface area contributed by atoms with Crippen LogP contribution in [0.4, 0.5) is 35.1 Å². The molecule has 50 heavy (non-hydrogen) atoms. The SMILES string of the molecule is Cc1cccc(C)c1-c1cc([C@H](CC(=O)O)NC(=O)[C@H](CC(C)C)n2nc(CCN3CC(F)C3)cc(C(F)(F)F)c2=O)c(F)c(C(F)(F)F)c1. The van der Waals surface area contributed by atoms with E-state index in [1.807, 2.05) is 0 Å². The van der Waals surface area contributed by atoms with Crippen LogP contribution in [-0.4, -0.2) is 57.5 Å². The summed E-state index contributed by atoms with van der Waals surface area (Å²) in [5.74, 6) is -5.23. The van der Waals surface area contributed by atoms with Gasteiger partial charge in [-0.25, -0.2) is 13.5 Å². The maximum absolute atomic E-state index is 15.8. The van der Waals surface area contributed by atoms with Crippen LogP contribution in [0.15, 0.2) is 41.2 Å². The lowest BCUT2D eigenvalue weighted by molar-refractivity contribution is -0.141. The summed E-state index contributed by atoms with van der Waals surface area (Å²) in [5.41, 5.74) is -4.89. The molecular formula is C34H36F8N4O4. The van der Waals surface area contributed by atoms with Gasteiger partial charge in [-0.2, -0.15) is 31.4 Å². The highest BCUT2D eigenvalue weighted by Crippen LogP contribution is 2.40. The Labute approximate surface area is 282 Å². The van der Waals surface area contributed by atoms with Gasteiger partial charge in [-0.15, -0.1) is 0 Å². The molecule has 1 aliphatic rings. The molecule has 1 aromatic heterocycles. The molecule has 272 valence electrons. The van der Waals surface area contributed by atoms with E-state index in [2.05, 4.69) is 10.4 Å². The van der Waals surface area contributed by atoms with E-state index in [-0.39, 0.29) is 43.7 Å². The molecule has 0 spiro atoms. The van der Waals surface area contributed by atoms with Gasteiger partial charge in [0, 0.05) is 31.6 Å². The van der Waals surface area contributed by atoms with Gasteiger partial charge in [0.15, 0.2) is 0 Å². The number of halogens is 8. The summed E-state index contributed by atoms with van der Waals surface area (Å²) >= 11 is 0. The Balaban J connectivity index is 1.84. The molecule has 1 saturated heterocycles. The van der Waals surface area contributed by atoms with Crippen molar-refractivity contribution in [2.75, 3.05) is 19.6 Å². The van der Waals surface area contributed by atoms with Crippen molar-refractivity contribution in [2.24, 2.45) is 5.92 Å². The maximum Gasteiger partial charge on any atom is 0.421 e. The summed E-state index contributed by atoms with van der Waals surface area (Å²) in [6.45, 7) is 6.60. The molecule has 0 aliphatic carbocycles. The Bertz CT molecular complexity index is 1780. The number of nitrogens with one attached hydrogen (secondary N) is 1. The van der Waals surface area contributed by atoms with Crippen LogP contribution < -0.4 is 10.9 Å². The summed E-state index contributed by atoms with van der Waals surface area (Å²) in [6.07, 6.45) is -13.1. The summed E-state index contributed by atoms with van der Waals surface area (Å²) in [5, 5.41) is 15.9. The Kier molecular flexibility index (Phi) is 11.4. The van der Waals surface area contributed by atoms with Crippen molar-refractivity contribution in [3.05, 3.63) is 86.1 Å². The molecule has 2 N–H and O–H groups in total. The number of carbonyl (C=O) groups is 2. The molecule has 8 nitrogen and oxygen atoms in total. The van der Waals surface area contributed by atoms with Crippen LogP contribution in [0.5, 0.6) is 0 Å². The third kappa shape index (κ3) is 8.87. The average molecular weight is 717 g/mol. The van der Waals surface area contributed by atoms with Crippen LogP contribution in [0, 0.1) is 25.6 Å².